The number of hydrogen-bond acceptors (Lipinski definition) is 3. The fraction of sp³-hybridized carbons (Fsp3) is 0.769. The molecule has 0 atom stereocenters. The Bertz CT molecular complexity index is 287. The van der Waals surface area contributed by atoms with Crippen molar-refractivity contribution in [1.29, 1.82) is 0 Å². The SMILES string of the molecule is CCCCN(CCCC)CCn1cc(N)cn1. The maximum absolute atomic E-state index is 5.65. The minimum absolute atomic E-state index is 0.749. The van der Waals surface area contributed by atoms with E-state index < -0.39 is 0 Å². The Morgan fingerprint density at radius 2 is 1.82 bits per heavy atom. The van der Waals surface area contributed by atoms with Gasteiger partial charge in [0.05, 0.1) is 18.4 Å². The largest absolute Gasteiger partial charge is 0.396 e. The van der Waals surface area contributed by atoms with Crippen LogP contribution < -0.4 is 5.73 Å². The molecule has 1 aromatic rings. The lowest BCUT2D eigenvalue weighted by atomic mass is 10.2. The van der Waals surface area contributed by atoms with Crippen LogP contribution in [0.4, 0.5) is 5.69 Å². The second-order valence-corrected chi connectivity index (χ2v) is 4.59. The summed E-state index contributed by atoms with van der Waals surface area (Å²) in [5.41, 5.74) is 6.40. The molecule has 4 nitrogen and oxygen atoms in total. The van der Waals surface area contributed by atoms with Crippen molar-refractivity contribution in [3.8, 4) is 0 Å². The molecule has 0 aromatic carbocycles. The summed E-state index contributed by atoms with van der Waals surface area (Å²) in [4.78, 5) is 2.53. The Labute approximate surface area is 105 Å². The molecular formula is C13H26N4. The molecular weight excluding hydrogens is 212 g/mol. The highest BCUT2D eigenvalue weighted by Gasteiger charge is 2.04. The Balaban J connectivity index is 2.31. The van der Waals surface area contributed by atoms with Crippen LogP contribution in [0.5, 0.6) is 0 Å². The standard InChI is InChI=1S/C13H26N4/c1-3-5-7-16(8-6-4-2)9-10-17-12-13(14)11-15-17/h11-12H,3-10,14H2,1-2H3. The molecule has 0 fully saturated rings. The molecule has 1 aromatic heterocycles. The molecule has 98 valence electrons. The Hall–Kier alpha value is -1.03. The van der Waals surface area contributed by atoms with Crippen molar-refractivity contribution in [3.05, 3.63) is 12.4 Å². The van der Waals surface area contributed by atoms with E-state index in [4.69, 9.17) is 5.73 Å². The molecule has 4 heteroatoms. The lowest BCUT2D eigenvalue weighted by Gasteiger charge is -2.21. The highest BCUT2D eigenvalue weighted by Crippen LogP contribution is 2.02. The Morgan fingerprint density at radius 1 is 1.18 bits per heavy atom. The van der Waals surface area contributed by atoms with Crippen molar-refractivity contribution in [2.24, 2.45) is 0 Å². The Kier molecular flexibility index (Phi) is 6.70. The minimum atomic E-state index is 0.749. The molecule has 0 aliphatic rings. The van der Waals surface area contributed by atoms with Crippen LogP contribution in [0.25, 0.3) is 0 Å². The van der Waals surface area contributed by atoms with Gasteiger partial charge in [-0.15, -0.1) is 0 Å². The minimum Gasteiger partial charge on any atom is -0.396 e. The molecule has 0 bridgehead atoms. The maximum atomic E-state index is 5.65. The van der Waals surface area contributed by atoms with Crippen LogP contribution in [0.1, 0.15) is 39.5 Å². The molecule has 1 heterocycles. The summed E-state index contributed by atoms with van der Waals surface area (Å²) in [6.45, 7) is 8.89. The fourth-order valence-corrected chi connectivity index (χ4v) is 1.84. The van der Waals surface area contributed by atoms with E-state index in [2.05, 4.69) is 23.8 Å². The van der Waals surface area contributed by atoms with Crippen LogP contribution >= 0.6 is 0 Å². The van der Waals surface area contributed by atoms with Crippen molar-refractivity contribution in [2.75, 3.05) is 25.4 Å². The number of unbranched alkanes of at least 4 members (excludes halogenated alkanes) is 2. The molecule has 0 saturated carbocycles. The number of nitrogen functional groups attached to an aromatic ring is 1. The molecule has 17 heavy (non-hydrogen) atoms. The first-order valence-corrected chi connectivity index (χ1v) is 6.76. The highest BCUT2D eigenvalue weighted by molar-refractivity contribution is 5.30. The molecule has 0 saturated heterocycles. The van der Waals surface area contributed by atoms with Crippen molar-refractivity contribution in [2.45, 2.75) is 46.1 Å². The second-order valence-electron chi connectivity index (χ2n) is 4.59. The van der Waals surface area contributed by atoms with E-state index in [1.165, 1.54) is 38.8 Å². The van der Waals surface area contributed by atoms with Gasteiger partial charge in [0.25, 0.3) is 0 Å². The lowest BCUT2D eigenvalue weighted by Crippen LogP contribution is -2.29. The third kappa shape index (κ3) is 5.73. The number of nitrogens with zero attached hydrogens (tertiary/aromatic N) is 3. The van der Waals surface area contributed by atoms with Crippen LogP contribution in [0.2, 0.25) is 0 Å². The van der Waals surface area contributed by atoms with Crippen LogP contribution in [-0.2, 0) is 6.54 Å². The summed E-state index contributed by atoms with van der Waals surface area (Å²) in [5, 5.41) is 4.21. The molecule has 0 aliphatic heterocycles. The van der Waals surface area contributed by atoms with Gasteiger partial charge in [-0.3, -0.25) is 4.68 Å². The summed E-state index contributed by atoms with van der Waals surface area (Å²) < 4.78 is 1.93. The topological polar surface area (TPSA) is 47.1 Å². The van der Waals surface area contributed by atoms with Gasteiger partial charge >= 0.3 is 0 Å². The highest BCUT2D eigenvalue weighted by atomic mass is 15.3. The van der Waals surface area contributed by atoms with Gasteiger partial charge in [-0.1, -0.05) is 26.7 Å². The number of anilines is 1. The third-order valence-corrected chi connectivity index (χ3v) is 2.95. The van der Waals surface area contributed by atoms with E-state index in [-0.39, 0.29) is 0 Å². The summed E-state index contributed by atoms with van der Waals surface area (Å²) in [5.74, 6) is 0. The van der Waals surface area contributed by atoms with Crippen molar-refractivity contribution >= 4 is 5.69 Å². The van der Waals surface area contributed by atoms with Gasteiger partial charge in [-0.2, -0.15) is 5.10 Å². The number of aromatic nitrogens is 2. The second kappa shape index (κ2) is 8.12. The normalized spacial score (nSPS) is 11.2. The van der Waals surface area contributed by atoms with Gasteiger partial charge in [0.2, 0.25) is 0 Å². The average molecular weight is 238 g/mol. The summed E-state index contributed by atoms with van der Waals surface area (Å²) in [6.07, 6.45) is 8.70. The molecule has 0 aliphatic carbocycles. The zero-order chi connectivity index (χ0) is 12.5. The van der Waals surface area contributed by atoms with E-state index in [0.29, 0.717) is 0 Å². The predicted molar refractivity (Wildman–Crippen MR) is 72.9 cm³/mol. The van der Waals surface area contributed by atoms with Gasteiger partial charge in [0.1, 0.15) is 0 Å². The summed E-state index contributed by atoms with van der Waals surface area (Å²) in [7, 11) is 0. The van der Waals surface area contributed by atoms with Crippen LogP contribution in [0.15, 0.2) is 12.4 Å². The van der Waals surface area contributed by atoms with E-state index >= 15 is 0 Å². The zero-order valence-electron chi connectivity index (χ0n) is 11.2. The van der Waals surface area contributed by atoms with E-state index in [0.717, 1.165) is 18.8 Å². The van der Waals surface area contributed by atoms with Gasteiger partial charge in [0.15, 0.2) is 0 Å². The maximum Gasteiger partial charge on any atom is 0.0719 e. The Morgan fingerprint density at radius 3 is 2.29 bits per heavy atom. The van der Waals surface area contributed by atoms with Crippen LogP contribution in [0.3, 0.4) is 0 Å². The smallest absolute Gasteiger partial charge is 0.0719 e. The van der Waals surface area contributed by atoms with Gasteiger partial charge in [-0.05, 0) is 25.9 Å². The average Bonchev–Trinajstić information content (AvgIpc) is 2.74. The molecule has 1 rings (SSSR count). The van der Waals surface area contributed by atoms with Crippen LogP contribution in [0, 0.1) is 0 Å². The van der Waals surface area contributed by atoms with E-state index in [1.807, 2.05) is 10.9 Å². The van der Waals surface area contributed by atoms with Gasteiger partial charge in [0, 0.05) is 12.7 Å². The van der Waals surface area contributed by atoms with E-state index in [1.54, 1.807) is 6.20 Å². The first-order chi connectivity index (χ1) is 8.26. The van der Waals surface area contributed by atoms with Crippen LogP contribution in [-0.4, -0.2) is 34.3 Å². The number of nitrogens with two attached hydrogens (primary N) is 1. The van der Waals surface area contributed by atoms with Crippen molar-refractivity contribution in [1.82, 2.24) is 14.7 Å². The first-order valence-electron chi connectivity index (χ1n) is 6.76. The summed E-state index contributed by atoms with van der Waals surface area (Å²) in [6, 6.07) is 0. The monoisotopic (exact) mass is 238 g/mol. The van der Waals surface area contributed by atoms with Crippen molar-refractivity contribution < 1.29 is 0 Å². The molecule has 0 radical (unpaired) electrons. The van der Waals surface area contributed by atoms with Gasteiger partial charge in [-0.25, -0.2) is 0 Å². The van der Waals surface area contributed by atoms with E-state index in [9.17, 15) is 0 Å². The van der Waals surface area contributed by atoms with Gasteiger partial charge < -0.3 is 10.6 Å². The molecule has 0 amide bonds. The van der Waals surface area contributed by atoms with Crippen molar-refractivity contribution in [3.63, 3.8) is 0 Å². The predicted octanol–water partition coefficient (Wildman–Crippen LogP) is 2.37. The zero-order valence-corrected chi connectivity index (χ0v) is 11.2. The first kappa shape index (κ1) is 14.0. The number of hydrogen-bond donors (Lipinski definition) is 1. The molecule has 0 unspecified atom stereocenters. The molecule has 2 N–H and O–H groups in total. The number of rotatable bonds is 9. The summed E-state index contributed by atoms with van der Waals surface area (Å²) >= 11 is 0. The fourth-order valence-electron chi connectivity index (χ4n) is 1.84. The lowest BCUT2D eigenvalue weighted by molar-refractivity contribution is 0.251. The quantitative estimate of drug-likeness (QED) is 0.718. The molecule has 0 spiro atoms. The third-order valence-electron chi connectivity index (χ3n) is 2.95.